The van der Waals surface area contributed by atoms with Crippen LogP contribution in [-0.4, -0.2) is 53.4 Å². The molecule has 10 heteroatoms. The van der Waals surface area contributed by atoms with Gasteiger partial charge in [0.25, 0.3) is 5.22 Å². The smallest absolute Gasteiger partial charge is 0.277 e. The molecule has 1 saturated heterocycles. The van der Waals surface area contributed by atoms with Crippen LogP contribution in [0.4, 0.5) is 0 Å². The predicted octanol–water partition coefficient (Wildman–Crippen LogP) is 0.715. The molecule has 1 fully saturated rings. The lowest BCUT2D eigenvalue weighted by atomic mass is 10.2. The minimum absolute atomic E-state index is 0.0967. The summed E-state index contributed by atoms with van der Waals surface area (Å²) in [4.78, 5) is 0. The van der Waals surface area contributed by atoms with E-state index in [9.17, 15) is 13.5 Å². The van der Waals surface area contributed by atoms with Gasteiger partial charge in [-0.25, -0.2) is 8.42 Å². The zero-order valence-electron chi connectivity index (χ0n) is 11.7. The Morgan fingerprint density at radius 1 is 1.17 bits per heavy atom. The van der Waals surface area contributed by atoms with E-state index >= 15 is 0 Å². The molecule has 0 radical (unpaired) electrons. The number of aromatic nitrogens is 2. The standard InChI is InChI=1S/C13H12N2O6S2/c16-8-4-23(17,18)5-11(8)22-13-15-14-12(21-13)7-1-2-9-10(3-7)20-6-19-9/h1-3,8,11,16H,4-6H2/t8-,11-/m0/s1. The summed E-state index contributed by atoms with van der Waals surface area (Å²) >= 11 is 1.08. The van der Waals surface area contributed by atoms with Crippen LogP contribution in [-0.2, 0) is 9.84 Å². The number of aliphatic hydroxyl groups excluding tert-OH is 1. The Balaban J connectivity index is 1.53. The first-order valence-corrected chi connectivity index (χ1v) is 9.49. The van der Waals surface area contributed by atoms with E-state index in [1.165, 1.54) is 0 Å². The van der Waals surface area contributed by atoms with Gasteiger partial charge in [-0.2, -0.15) is 0 Å². The number of sulfone groups is 1. The molecule has 1 N–H and O–H groups in total. The lowest BCUT2D eigenvalue weighted by Crippen LogP contribution is -2.19. The van der Waals surface area contributed by atoms with Crippen molar-refractivity contribution in [3.05, 3.63) is 18.2 Å². The molecule has 0 unspecified atom stereocenters. The van der Waals surface area contributed by atoms with Gasteiger partial charge in [0.15, 0.2) is 21.3 Å². The Bertz CT molecular complexity index is 850. The zero-order chi connectivity index (χ0) is 16.0. The summed E-state index contributed by atoms with van der Waals surface area (Å²) in [6.07, 6.45) is -0.925. The highest BCUT2D eigenvalue weighted by molar-refractivity contribution is 8.01. The van der Waals surface area contributed by atoms with Gasteiger partial charge in [0, 0.05) is 5.56 Å². The van der Waals surface area contributed by atoms with E-state index < -0.39 is 21.2 Å². The summed E-state index contributed by atoms with van der Waals surface area (Å²) in [6, 6.07) is 5.26. The summed E-state index contributed by atoms with van der Waals surface area (Å²) < 4.78 is 39.1. The molecule has 0 amide bonds. The molecule has 1 aromatic carbocycles. The number of hydrogen-bond donors (Lipinski definition) is 1. The quantitative estimate of drug-likeness (QED) is 0.850. The lowest BCUT2D eigenvalue weighted by molar-refractivity contribution is 0.174. The average Bonchev–Trinajstić information content (AvgIpc) is 3.18. The van der Waals surface area contributed by atoms with Crippen LogP contribution in [0, 0.1) is 0 Å². The second kappa shape index (κ2) is 5.39. The normalized spacial score (nSPS) is 24.9. The van der Waals surface area contributed by atoms with Crippen LogP contribution < -0.4 is 9.47 Å². The molecule has 3 heterocycles. The molecule has 2 aliphatic rings. The molecule has 1 aromatic heterocycles. The Labute approximate surface area is 135 Å². The van der Waals surface area contributed by atoms with Crippen molar-refractivity contribution in [3.8, 4) is 23.0 Å². The van der Waals surface area contributed by atoms with E-state index in [1.807, 2.05) is 0 Å². The van der Waals surface area contributed by atoms with Gasteiger partial charge in [-0.3, -0.25) is 0 Å². The van der Waals surface area contributed by atoms with Crippen molar-refractivity contribution in [2.45, 2.75) is 16.6 Å². The molecule has 0 spiro atoms. The fourth-order valence-corrected chi connectivity index (χ4v) is 5.80. The van der Waals surface area contributed by atoms with Crippen molar-refractivity contribution in [3.63, 3.8) is 0 Å². The molecule has 2 aromatic rings. The maximum atomic E-state index is 11.5. The molecule has 0 aliphatic carbocycles. The lowest BCUT2D eigenvalue weighted by Gasteiger charge is -2.07. The van der Waals surface area contributed by atoms with Crippen molar-refractivity contribution < 1.29 is 27.4 Å². The van der Waals surface area contributed by atoms with Gasteiger partial charge in [0.2, 0.25) is 12.7 Å². The second-order valence-corrected chi connectivity index (χ2v) is 8.59. The summed E-state index contributed by atoms with van der Waals surface area (Å²) in [6.45, 7) is 0.178. The third-order valence-electron chi connectivity index (χ3n) is 3.55. The van der Waals surface area contributed by atoms with Crippen LogP contribution in [0.2, 0.25) is 0 Å². The van der Waals surface area contributed by atoms with Crippen LogP contribution in [0.5, 0.6) is 11.5 Å². The first kappa shape index (κ1) is 14.8. The van der Waals surface area contributed by atoms with Gasteiger partial charge in [-0.15, -0.1) is 10.2 Å². The van der Waals surface area contributed by atoms with Gasteiger partial charge < -0.3 is 19.0 Å². The monoisotopic (exact) mass is 356 g/mol. The number of aliphatic hydroxyl groups is 1. The van der Waals surface area contributed by atoms with Crippen LogP contribution in [0.15, 0.2) is 27.8 Å². The van der Waals surface area contributed by atoms with Crippen LogP contribution in [0.1, 0.15) is 0 Å². The van der Waals surface area contributed by atoms with Gasteiger partial charge in [-0.1, -0.05) is 11.8 Å². The fourth-order valence-electron chi connectivity index (χ4n) is 2.44. The Kier molecular flexibility index (Phi) is 3.47. The van der Waals surface area contributed by atoms with E-state index in [0.29, 0.717) is 23.0 Å². The number of ether oxygens (including phenoxy) is 2. The molecule has 23 heavy (non-hydrogen) atoms. The number of nitrogens with zero attached hydrogens (tertiary/aromatic N) is 2. The maximum absolute atomic E-state index is 11.5. The predicted molar refractivity (Wildman–Crippen MR) is 80.2 cm³/mol. The van der Waals surface area contributed by atoms with Gasteiger partial charge in [0.1, 0.15) is 0 Å². The molecular formula is C13H12N2O6S2. The maximum Gasteiger partial charge on any atom is 0.277 e. The summed E-state index contributed by atoms with van der Waals surface area (Å²) in [5.74, 6) is 1.23. The second-order valence-electron chi connectivity index (χ2n) is 5.24. The van der Waals surface area contributed by atoms with Crippen molar-refractivity contribution in [2.75, 3.05) is 18.3 Å². The third-order valence-corrected chi connectivity index (χ3v) is 6.63. The first-order valence-electron chi connectivity index (χ1n) is 6.79. The van der Waals surface area contributed by atoms with Gasteiger partial charge in [0.05, 0.1) is 22.9 Å². The SMILES string of the molecule is O=S1(=O)C[C@H](Sc2nnc(-c3ccc4c(c3)OCO4)o2)[C@@H](O)C1. The first-order chi connectivity index (χ1) is 11.0. The Morgan fingerprint density at radius 3 is 2.78 bits per heavy atom. The van der Waals surface area contributed by atoms with E-state index in [2.05, 4.69) is 10.2 Å². The molecule has 2 aliphatic heterocycles. The van der Waals surface area contributed by atoms with Crippen molar-refractivity contribution in [1.29, 1.82) is 0 Å². The fraction of sp³-hybridized carbons (Fsp3) is 0.385. The zero-order valence-corrected chi connectivity index (χ0v) is 13.3. The molecular weight excluding hydrogens is 344 g/mol. The summed E-state index contributed by atoms with van der Waals surface area (Å²) in [5, 5.41) is 17.4. The van der Waals surface area contributed by atoms with Gasteiger partial charge >= 0.3 is 0 Å². The van der Waals surface area contributed by atoms with E-state index in [-0.39, 0.29) is 23.5 Å². The number of rotatable bonds is 3. The van der Waals surface area contributed by atoms with Gasteiger partial charge in [-0.05, 0) is 18.2 Å². The minimum Gasteiger partial charge on any atom is -0.454 e. The van der Waals surface area contributed by atoms with Crippen LogP contribution >= 0.6 is 11.8 Å². The Morgan fingerprint density at radius 2 is 2.00 bits per heavy atom. The van der Waals surface area contributed by atoms with Crippen LogP contribution in [0.3, 0.4) is 0 Å². The topological polar surface area (TPSA) is 112 Å². The van der Waals surface area contributed by atoms with Crippen LogP contribution in [0.25, 0.3) is 11.5 Å². The Hall–Kier alpha value is -1.78. The summed E-state index contributed by atoms with van der Waals surface area (Å²) in [7, 11) is -3.21. The molecule has 0 bridgehead atoms. The van der Waals surface area contributed by atoms with E-state index in [1.54, 1.807) is 18.2 Å². The molecule has 122 valence electrons. The highest BCUT2D eigenvalue weighted by Gasteiger charge is 2.38. The molecule has 8 nitrogen and oxygen atoms in total. The number of benzene rings is 1. The highest BCUT2D eigenvalue weighted by Crippen LogP contribution is 2.37. The van der Waals surface area contributed by atoms with E-state index in [4.69, 9.17) is 13.9 Å². The number of fused-ring (bicyclic) bond motifs is 1. The average molecular weight is 356 g/mol. The molecule has 4 rings (SSSR count). The largest absolute Gasteiger partial charge is 0.454 e. The van der Waals surface area contributed by atoms with Crippen molar-refractivity contribution in [2.24, 2.45) is 0 Å². The van der Waals surface area contributed by atoms with Crippen molar-refractivity contribution in [1.82, 2.24) is 10.2 Å². The summed E-state index contributed by atoms with van der Waals surface area (Å²) in [5.41, 5.74) is 0.674. The highest BCUT2D eigenvalue weighted by atomic mass is 32.2. The molecule has 2 atom stereocenters. The number of thioether (sulfide) groups is 1. The third kappa shape index (κ3) is 2.89. The number of hydrogen-bond acceptors (Lipinski definition) is 9. The van der Waals surface area contributed by atoms with Crippen molar-refractivity contribution >= 4 is 21.6 Å². The minimum atomic E-state index is -3.21. The van der Waals surface area contributed by atoms with E-state index in [0.717, 1.165) is 11.8 Å². The molecule has 0 saturated carbocycles.